The molecular formula is C14H29ClN2O. The van der Waals surface area contributed by atoms with Gasteiger partial charge in [-0.3, -0.25) is 4.79 Å². The maximum Gasteiger partial charge on any atom is 0.220 e. The molecule has 0 aromatic rings. The third-order valence-corrected chi connectivity index (χ3v) is 3.77. The minimum absolute atomic E-state index is 0. The maximum atomic E-state index is 11.6. The van der Waals surface area contributed by atoms with E-state index >= 15 is 0 Å². The molecule has 0 aromatic carbocycles. The number of hydrogen-bond donors (Lipinski definition) is 2. The summed E-state index contributed by atoms with van der Waals surface area (Å²) in [5, 5.41) is 3.11. The van der Waals surface area contributed by atoms with Crippen molar-refractivity contribution < 1.29 is 4.79 Å². The summed E-state index contributed by atoms with van der Waals surface area (Å²) < 4.78 is 0. The second-order valence-electron chi connectivity index (χ2n) is 5.97. The van der Waals surface area contributed by atoms with E-state index in [1.807, 2.05) is 0 Å². The van der Waals surface area contributed by atoms with Gasteiger partial charge in [-0.1, -0.05) is 26.7 Å². The first-order valence-electron chi connectivity index (χ1n) is 7.05. The van der Waals surface area contributed by atoms with Crippen LogP contribution >= 0.6 is 12.4 Å². The lowest BCUT2D eigenvalue weighted by Crippen LogP contribution is -2.36. The van der Waals surface area contributed by atoms with Crippen LogP contribution < -0.4 is 11.1 Å². The number of carbonyl (C=O) groups excluding carboxylic acids is 1. The molecule has 1 amide bonds. The fourth-order valence-electron chi connectivity index (χ4n) is 3.08. The molecule has 0 unspecified atom stereocenters. The first-order chi connectivity index (χ1) is 8.08. The Kier molecular flexibility index (Phi) is 8.62. The molecule has 0 atom stereocenters. The maximum absolute atomic E-state index is 11.6. The van der Waals surface area contributed by atoms with E-state index < -0.39 is 0 Å². The first-order valence-corrected chi connectivity index (χ1v) is 7.05. The summed E-state index contributed by atoms with van der Waals surface area (Å²) in [4.78, 5) is 11.6. The van der Waals surface area contributed by atoms with Crippen LogP contribution in [-0.2, 0) is 4.79 Å². The van der Waals surface area contributed by atoms with Crippen LogP contribution in [0.3, 0.4) is 0 Å². The van der Waals surface area contributed by atoms with Crippen LogP contribution in [0.15, 0.2) is 0 Å². The van der Waals surface area contributed by atoms with Crippen molar-refractivity contribution in [2.24, 2.45) is 17.1 Å². The van der Waals surface area contributed by atoms with E-state index in [4.69, 9.17) is 5.73 Å². The van der Waals surface area contributed by atoms with Gasteiger partial charge < -0.3 is 11.1 Å². The van der Waals surface area contributed by atoms with E-state index in [-0.39, 0.29) is 18.3 Å². The predicted molar refractivity (Wildman–Crippen MR) is 78.9 cm³/mol. The second-order valence-corrected chi connectivity index (χ2v) is 5.97. The fraction of sp³-hybridized carbons (Fsp3) is 0.929. The third-order valence-electron chi connectivity index (χ3n) is 3.77. The highest BCUT2D eigenvalue weighted by molar-refractivity contribution is 5.85. The van der Waals surface area contributed by atoms with E-state index in [1.165, 1.54) is 32.1 Å². The number of rotatable bonds is 7. The lowest BCUT2D eigenvalue weighted by atomic mass is 9.78. The zero-order valence-corrected chi connectivity index (χ0v) is 12.7. The molecule has 108 valence electrons. The minimum Gasteiger partial charge on any atom is -0.356 e. The lowest BCUT2D eigenvalue weighted by Gasteiger charge is -2.31. The van der Waals surface area contributed by atoms with Gasteiger partial charge in [0.15, 0.2) is 0 Å². The molecule has 0 heterocycles. The van der Waals surface area contributed by atoms with Crippen LogP contribution in [0.1, 0.15) is 58.8 Å². The monoisotopic (exact) mass is 276 g/mol. The molecule has 1 rings (SSSR count). The van der Waals surface area contributed by atoms with Gasteiger partial charge in [0.2, 0.25) is 5.91 Å². The number of amides is 1. The number of nitrogens with two attached hydrogens (primary N) is 1. The van der Waals surface area contributed by atoms with E-state index in [2.05, 4.69) is 19.2 Å². The Bertz CT molecular complexity index is 238. The van der Waals surface area contributed by atoms with Crippen LogP contribution in [0.2, 0.25) is 0 Å². The van der Waals surface area contributed by atoms with Crippen molar-refractivity contribution in [2.75, 3.05) is 13.1 Å². The molecule has 0 bridgehead atoms. The van der Waals surface area contributed by atoms with Crippen LogP contribution in [-0.4, -0.2) is 19.0 Å². The van der Waals surface area contributed by atoms with Gasteiger partial charge in [0, 0.05) is 13.0 Å². The topological polar surface area (TPSA) is 55.1 Å². The molecule has 3 N–H and O–H groups in total. The standard InChI is InChI=1S/C14H28N2O.ClH/c1-12(2)10-14(7-3-4-8-14)11-16-13(17)6-5-9-15;/h12H,3-11,15H2,1-2H3,(H,16,17);1H. The van der Waals surface area contributed by atoms with Crippen molar-refractivity contribution in [1.82, 2.24) is 5.32 Å². The third kappa shape index (κ3) is 6.05. The van der Waals surface area contributed by atoms with Crippen molar-refractivity contribution in [2.45, 2.75) is 58.8 Å². The van der Waals surface area contributed by atoms with Crippen LogP contribution in [0.25, 0.3) is 0 Å². The second kappa shape index (κ2) is 8.76. The lowest BCUT2D eigenvalue weighted by molar-refractivity contribution is -0.121. The van der Waals surface area contributed by atoms with E-state index in [0.29, 0.717) is 24.3 Å². The van der Waals surface area contributed by atoms with Crippen molar-refractivity contribution >= 4 is 18.3 Å². The summed E-state index contributed by atoms with van der Waals surface area (Å²) in [6.07, 6.45) is 7.82. The molecule has 3 nitrogen and oxygen atoms in total. The van der Waals surface area contributed by atoms with Gasteiger partial charge in [0.05, 0.1) is 0 Å². The largest absolute Gasteiger partial charge is 0.356 e. The number of carbonyl (C=O) groups is 1. The minimum atomic E-state index is 0. The number of nitrogens with one attached hydrogen (secondary N) is 1. The highest BCUT2D eigenvalue weighted by Crippen LogP contribution is 2.42. The van der Waals surface area contributed by atoms with E-state index in [1.54, 1.807) is 0 Å². The number of hydrogen-bond acceptors (Lipinski definition) is 2. The van der Waals surface area contributed by atoms with E-state index in [0.717, 1.165) is 13.0 Å². The summed E-state index contributed by atoms with van der Waals surface area (Å²) in [5.74, 6) is 0.888. The summed E-state index contributed by atoms with van der Waals surface area (Å²) >= 11 is 0. The van der Waals surface area contributed by atoms with Gasteiger partial charge in [-0.15, -0.1) is 12.4 Å². The summed E-state index contributed by atoms with van der Waals surface area (Å²) in [6, 6.07) is 0. The molecule has 1 aliphatic rings. The van der Waals surface area contributed by atoms with Gasteiger partial charge >= 0.3 is 0 Å². The zero-order chi connectivity index (χ0) is 12.7. The van der Waals surface area contributed by atoms with E-state index in [9.17, 15) is 4.79 Å². The van der Waals surface area contributed by atoms with Crippen molar-refractivity contribution in [3.05, 3.63) is 0 Å². The summed E-state index contributed by atoms with van der Waals surface area (Å²) in [6.45, 7) is 6.02. The Morgan fingerprint density at radius 1 is 1.33 bits per heavy atom. The van der Waals surface area contributed by atoms with Gasteiger partial charge in [-0.2, -0.15) is 0 Å². The number of halogens is 1. The SMILES string of the molecule is CC(C)CC1(CNC(=O)CCCN)CCCC1.Cl. The molecule has 0 radical (unpaired) electrons. The highest BCUT2D eigenvalue weighted by atomic mass is 35.5. The first kappa shape index (κ1) is 17.7. The van der Waals surface area contributed by atoms with Crippen molar-refractivity contribution in [3.63, 3.8) is 0 Å². The van der Waals surface area contributed by atoms with Crippen LogP contribution in [0.5, 0.6) is 0 Å². The average molecular weight is 277 g/mol. The molecule has 1 fully saturated rings. The molecule has 4 heteroatoms. The Morgan fingerprint density at radius 2 is 1.94 bits per heavy atom. The molecule has 1 aliphatic carbocycles. The Labute approximate surface area is 118 Å². The van der Waals surface area contributed by atoms with Gasteiger partial charge in [-0.05, 0) is 43.6 Å². The normalized spacial score (nSPS) is 17.6. The Hall–Kier alpha value is -0.280. The summed E-state index contributed by atoms with van der Waals surface area (Å²) in [7, 11) is 0. The summed E-state index contributed by atoms with van der Waals surface area (Å²) in [5.41, 5.74) is 5.79. The molecule has 18 heavy (non-hydrogen) atoms. The van der Waals surface area contributed by atoms with Gasteiger partial charge in [-0.25, -0.2) is 0 Å². The average Bonchev–Trinajstić information content (AvgIpc) is 2.71. The Balaban J connectivity index is 0.00000289. The van der Waals surface area contributed by atoms with Crippen molar-refractivity contribution in [3.8, 4) is 0 Å². The molecule has 1 saturated carbocycles. The molecule has 0 aromatic heterocycles. The smallest absolute Gasteiger partial charge is 0.220 e. The predicted octanol–water partition coefficient (Wildman–Crippen LogP) is 2.87. The van der Waals surface area contributed by atoms with Gasteiger partial charge in [0.25, 0.3) is 0 Å². The fourth-order valence-corrected chi connectivity index (χ4v) is 3.08. The molecular weight excluding hydrogens is 248 g/mol. The highest BCUT2D eigenvalue weighted by Gasteiger charge is 2.34. The molecule has 0 saturated heterocycles. The molecule has 0 aliphatic heterocycles. The van der Waals surface area contributed by atoms with Crippen LogP contribution in [0.4, 0.5) is 0 Å². The quantitative estimate of drug-likeness (QED) is 0.751. The molecule has 0 spiro atoms. The zero-order valence-electron chi connectivity index (χ0n) is 11.8. The Morgan fingerprint density at radius 3 is 2.44 bits per heavy atom. The van der Waals surface area contributed by atoms with Crippen molar-refractivity contribution in [1.29, 1.82) is 0 Å². The van der Waals surface area contributed by atoms with Crippen LogP contribution in [0, 0.1) is 11.3 Å². The van der Waals surface area contributed by atoms with Gasteiger partial charge in [0.1, 0.15) is 0 Å².